The highest BCUT2D eigenvalue weighted by Gasteiger charge is 2.19. The van der Waals surface area contributed by atoms with Crippen LogP contribution in [0.2, 0.25) is 0 Å². The van der Waals surface area contributed by atoms with Gasteiger partial charge in [0.1, 0.15) is 16.7 Å². The molecule has 0 saturated carbocycles. The number of thioether (sulfide) groups is 1. The zero-order valence-electron chi connectivity index (χ0n) is 23.7. The summed E-state index contributed by atoms with van der Waals surface area (Å²) in [6.07, 6.45) is 3.75. The van der Waals surface area contributed by atoms with E-state index in [9.17, 15) is 19.6 Å². The minimum absolute atomic E-state index is 0.115. The summed E-state index contributed by atoms with van der Waals surface area (Å²) in [4.78, 5) is 44.3. The fourth-order valence-electron chi connectivity index (χ4n) is 4.27. The second-order valence-corrected chi connectivity index (χ2v) is 11.4. The maximum atomic E-state index is 13.4. The normalized spacial score (nSPS) is 11.4. The number of carbonyl (C=O) groups excluding carboxylic acids is 2. The molecule has 9 nitrogen and oxygen atoms in total. The molecule has 0 unspecified atom stereocenters. The molecule has 4 rings (SSSR count). The van der Waals surface area contributed by atoms with Crippen LogP contribution in [0.5, 0.6) is 0 Å². The van der Waals surface area contributed by atoms with Crippen LogP contribution in [0.3, 0.4) is 0 Å². The predicted molar refractivity (Wildman–Crippen MR) is 167 cm³/mol. The van der Waals surface area contributed by atoms with E-state index in [0.29, 0.717) is 34.9 Å². The molecule has 0 fully saturated rings. The molecular formula is C31H31N3O6S2. The Kier molecular flexibility index (Phi) is 10.8. The van der Waals surface area contributed by atoms with E-state index in [1.165, 1.54) is 25.6 Å². The topological polar surface area (TPSA) is 123 Å². The van der Waals surface area contributed by atoms with E-state index in [1.54, 1.807) is 23.9 Å². The number of hydrogen-bond acceptors (Lipinski definition) is 11. The van der Waals surface area contributed by atoms with Crippen LogP contribution in [-0.2, 0) is 19.1 Å². The van der Waals surface area contributed by atoms with E-state index in [0.717, 1.165) is 39.1 Å². The summed E-state index contributed by atoms with van der Waals surface area (Å²) < 4.78 is 16.3. The fraction of sp³-hybridized carbons (Fsp3) is 0.323. The number of nitriles is 1. The Labute approximate surface area is 251 Å². The zero-order valence-corrected chi connectivity index (χ0v) is 25.3. The van der Waals surface area contributed by atoms with Gasteiger partial charge in [-0.3, -0.25) is 9.59 Å². The maximum Gasteiger partial charge on any atom is 0.344 e. The van der Waals surface area contributed by atoms with Gasteiger partial charge in [-0.25, -0.2) is 9.78 Å². The number of para-hydroxylation sites is 1. The minimum Gasteiger partial charge on any atom is -0.469 e. The van der Waals surface area contributed by atoms with Crippen molar-refractivity contribution in [2.24, 2.45) is 0 Å². The Balaban J connectivity index is 1.79. The number of anilines is 1. The van der Waals surface area contributed by atoms with Gasteiger partial charge in [0, 0.05) is 35.1 Å². The van der Waals surface area contributed by atoms with Crippen LogP contribution >= 0.6 is 23.1 Å². The first-order valence-corrected chi connectivity index (χ1v) is 15.3. The first-order valence-electron chi connectivity index (χ1n) is 13.5. The van der Waals surface area contributed by atoms with Crippen molar-refractivity contribution in [2.45, 2.75) is 37.5 Å². The highest BCUT2D eigenvalue weighted by atomic mass is 32.2. The zero-order chi connectivity index (χ0) is 30.1. The molecule has 11 heteroatoms. The minimum atomic E-state index is -0.566. The van der Waals surface area contributed by atoms with Gasteiger partial charge >= 0.3 is 17.6 Å². The number of carbonyl (C=O) groups is 2. The van der Waals surface area contributed by atoms with Gasteiger partial charge in [-0.1, -0.05) is 25.5 Å². The van der Waals surface area contributed by atoms with Crippen molar-refractivity contribution in [3.8, 4) is 6.07 Å². The molecular weight excluding hydrogens is 574 g/mol. The lowest BCUT2D eigenvalue weighted by atomic mass is 10.1. The number of benzene rings is 2. The number of fused-ring (bicyclic) bond motifs is 2. The van der Waals surface area contributed by atoms with Crippen molar-refractivity contribution in [1.82, 2.24) is 4.98 Å². The number of nitrogens with zero attached hydrogens (tertiary/aromatic N) is 3. The summed E-state index contributed by atoms with van der Waals surface area (Å²) in [6.45, 7) is 2.70. The number of unbranched alkanes of at least 4 members (excludes halogenated alkanes) is 1. The van der Waals surface area contributed by atoms with Gasteiger partial charge in [0.2, 0.25) is 0 Å². The summed E-state index contributed by atoms with van der Waals surface area (Å²) in [5, 5.41) is 11.3. The van der Waals surface area contributed by atoms with E-state index in [4.69, 9.17) is 13.9 Å². The van der Waals surface area contributed by atoms with Gasteiger partial charge in [-0.15, -0.1) is 23.1 Å². The smallest absolute Gasteiger partial charge is 0.344 e. The van der Waals surface area contributed by atoms with Crippen LogP contribution in [0, 0.1) is 11.3 Å². The summed E-state index contributed by atoms with van der Waals surface area (Å²) in [7, 11) is 2.65. The van der Waals surface area contributed by atoms with Crippen LogP contribution in [0.1, 0.15) is 43.2 Å². The molecule has 0 spiro atoms. The van der Waals surface area contributed by atoms with E-state index in [2.05, 4.69) is 18.0 Å². The molecule has 218 valence electrons. The Morgan fingerprint density at radius 1 is 1.12 bits per heavy atom. The predicted octanol–water partition coefficient (Wildman–Crippen LogP) is 6.29. The van der Waals surface area contributed by atoms with Gasteiger partial charge < -0.3 is 18.8 Å². The van der Waals surface area contributed by atoms with Gasteiger partial charge in [0.25, 0.3) is 0 Å². The summed E-state index contributed by atoms with van der Waals surface area (Å²) >= 11 is 2.94. The van der Waals surface area contributed by atoms with Gasteiger partial charge in [0.15, 0.2) is 0 Å². The monoisotopic (exact) mass is 605 g/mol. The van der Waals surface area contributed by atoms with Crippen molar-refractivity contribution in [2.75, 3.05) is 38.0 Å². The van der Waals surface area contributed by atoms with E-state index < -0.39 is 5.63 Å². The summed E-state index contributed by atoms with van der Waals surface area (Å²) in [5.41, 5.74) is 1.86. The Morgan fingerprint density at radius 2 is 1.83 bits per heavy atom. The number of hydrogen-bond donors (Lipinski definition) is 0. The molecule has 4 aromatic rings. The van der Waals surface area contributed by atoms with Crippen molar-refractivity contribution < 1.29 is 23.5 Å². The van der Waals surface area contributed by atoms with Crippen LogP contribution in [0.15, 0.2) is 56.6 Å². The molecule has 42 heavy (non-hydrogen) atoms. The second kappa shape index (κ2) is 14.7. The van der Waals surface area contributed by atoms with Crippen LogP contribution < -0.4 is 10.5 Å². The molecule has 2 heterocycles. The molecule has 2 aromatic carbocycles. The lowest BCUT2D eigenvalue weighted by molar-refractivity contribution is -0.140. The lowest BCUT2D eigenvalue weighted by Gasteiger charge is -2.24. The first-order chi connectivity index (χ1) is 20.4. The number of rotatable bonds is 13. The Hall–Kier alpha value is -4.14. The van der Waals surface area contributed by atoms with E-state index >= 15 is 0 Å². The number of esters is 2. The molecule has 0 aliphatic rings. The van der Waals surface area contributed by atoms with Gasteiger partial charge in [-0.2, -0.15) is 5.26 Å². The maximum absolute atomic E-state index is 13.4. The summed E-state index contributed by atoms with van der Waals surface area (Å²) in [6, 6.07) is 15.3. The average molecular weight is 606 g/mol. The number of thiazole rings is 1. The SMILES string of the molecule is CCCCSc1c(/C=C(\C#N)c2nc3ccccc3s2)c(=O)oc2cc(N(CCC(=O)OC)CCC(=O)OC)ccc12. The van der Waals surface area contributed by atoms with Gasteiger partial charge in [-0.05, 0) is 42.5 Å². The molecule has 0 aliphatic carbocycles. The highest BCUT2D eigenvalue weighted by Crippen LogP contribution is 2.35. The summed E-state index contributed by atoms with van der Waals surface area (Å²) in [5.74, 6) is 0.0288. The first kappa shape index (κ1) is 30.8. The van der Waals surface area contributed by atoms with Crippen LogP contribution in [-0.4, -0.2) is 50.0 Å². The Morgan fingerprint density at radius 3 is 2.48 bits per heavy atom. The number of allylic oxidation sites excluding steroid dienone is 1. The fourth-order valence-corrected chi connectivity index (χ4v) is 6.46. The highest BCUT2D eigenvalue weighted by molar-refractivity contribution is 7.99. The number of ether oxygens (including phenoxy) is 2. The Bertz CT molecular complexity index is 1670. The van der Waals surface area contributed by atoms with Crippen LogP contribution in [0.25, 0.3) is 32.8 Å². The third-order valence-corrected chi connectivity index (χ3v) is 8.84. The quantitative estimate of drug-likeness (QED) is 0.0565. The largest absolute Gasteiger partial charge is 0.469 e. The lowest BCUT2D eigenvalue weighted by Crippen LogP contribution is -2.29. The second-order valence-electron chi connectivity index (χ2n) is 9.31. The third-order valence-electron chi connectivity index (χ3n) is 6.55. The molecule has 0 aliphatic heterocycles. The standard InChI is InChI=1S/C31H31N3O6S2/c1-4-5-16-41-29-22-11-10-21(34(14-12-27(35)38-2)15-13-28(36)39-3)18-25(22)40-31(37)23(29)17-20(19-32)30-33-24-8-6-7-9-26(24)42-30/h6-11,17-18H,4-5,12-16H2,1-3H3/b20-17+. The molecule has 0 radical (unpaired) electrons. The number of aromatic nitrogens is 1. The van der Waals surface area contributed by atoms with E-state index in [-0.39, 0.29) is 30.4 Å². The number of methoxy groups -OCH3 is 2. The van der Waals surface area contributed by atoms with Crippen molar-refractivity contribution in [1.29, 1.82) is 5.26 Å². The molecule has 0 N–H and O–H groups in total. The molecule has 0 bridgehead atoms. The third kappa shape index (κ3) is 7.38. The van der Waals surface area contributed by atoms with E-state index in [1.807, 2.05) is 41.3 Å². The molecule has 0 atom stereocenters. The van der Waals surface area contributed by atoms with Crippen LogP contribution in [0.4, 0.5) is 5.69 Å². The molecule has 0 amide bonds. The van der Waals surface area contributed by atoms with Gasteiger partial charge in [0.05, 0.1) is 48.4 Å². The molecule has 0 saturated heterocycles. The van der Waals surface area contributed by atoms with Crippen molar-refractivity contribution in [3.05, 3.63) is 63.5 Å². The average Bonchev–Trinajstić information content (AvgIpc) is 3.44. The van der Waals surface area contributed by atoms with Crippen molar-refractivity contribution >= 4 is 73.6 Å². The molecule has 2 aromatic heterocycles. The van der Waals surface area contributed by atoms with Crippen molar-refractivity contribution in [3.63, 3.8) is 0 Å².